The van der Waals surface area contributed by atoms with E-state index < -0.39 is 11.9 Å². The molecule has 0 atom stereocenters. The second-order valence-corrected chi connectivity index (χ2v) is 6.87. The second kappa shape index (κ2) is 6.55. The summed E-state index contributed by atoms with van der Waals surface area (Å²) in [5.74, 6) is -1.73. The molecule has 27 heavy (non-hydrogen) atoms. The molecule has 0 bridgehead atoms. The Bertz CT molecular complexity index is 1230. The molecule has 134 valence electrons. The van der Waals surface area contributed by atoms with Crippen molar-refractivity contribution in [3.05, 3.63) is 70.2 Å². The number of benzene rings is 3. The topological polar surface area (TPSA) is 79.4 Å². The quantitative estimate of drug-likeness (QED) is 0.441. The van der Waals surface area contributed by atoms with Crippen LogP contribution in [0.15, 0.2) is 59.1 Å². The number of fused-ring (bicyclic) bond motifs is 3. The number of methoxy groups -OCH3 is 1. The van der Waals surface area contributed by atoms with E-state index in [1.165, 1.54) is 7.11 Å². The number of ether oxygens (including phenoxy) is 1. The van der Waals surface area contributed by atoms with Crippen LogP contribution in [0.4, 0.5) is 0 Å². The largest absolute Gasteiger partial charge is 0.478 e. The number of carboxylic acid groups (broad SMARTS) is 1. The van der Waals surface area contributed by atoms with Crippen molar-refractivity contribution in [2.45, 2.75) is 0 Å². The summed E-state index contributed by atoms with van der Waals surface area (Å²) in [7, 11) is 1.26. The van der Waals surface area contributed by atoms with Gasteiger partial charge in [0.2, 0.25) is 0 Å². The lowest BCUT2D eigenvalue weighted by Gasteiger charge is -2.11. The number of carbonyl (C=O) groups is 2. The Balaban J connectivity index is 2.05. The maximum Gasteiger partial charge on any atom is 0.339 e. The van der Waals surface area contributed by atoms with Crippen molar-refractivity contribution < 1.29 is 19.4 Å². The zero-order valence-electron chi connectivity index (χ0n) is 14.2. The lowest BCUT2D eigenvalue weighted by molar-refractivity contribution is 0.0599. The fourth-order valence-corrected chi connectivity index (χ4v) is 3.87. The van der Waals surface area contributed by atoms with E-state index in [4.69, 9.17) is 4.74 Å². The van der Waals surface area contributed by atoms with Crippen LogP contribution in [0, 0.1) is 0 Å². The molecule has 2 N–H and O–H groups in total. The smallest absolute Gasteiger partial charge is 0.339 e. The van der Waals surface area contributed by atoms with Gasteiger partial charge in [-0.2, -0.15) is 0 Å². The van der Waals surface area contributed by atoms with Crippen molar-refractivity contribution in [1.82, 2.24) is 4.98 Å². The van der Waals surface area contributed by atoms with E-state index >= 15 is 0 Å². The molecule has 0 aliphatic carbocycles. The first kappa shape index (κ1) is 17.3. The molecule has 6 heteroatoms. The molecule has 4 rings (SSSR count). The van der Waals surface area contributed by atoms with E-state index in [0.29, 0.717) is 5.56 Å². The first-order valence-electron chi connectivity index (χ1n) is 8.16. The summed E-state index contributed by atoms with van der Waals surface area (Å²) in [5, 5.41) is 11.7. The van der Waals surface area contributed by atoms with E-state index in [-0.39, 0.29) is 15.6 Å². The van der Waals surface area contributed by atoms with E-state index in [2.05, 4.69) is 20.9 Å². The molecule has 4 aromatic rings. The molecule has 1 aromatic heterocycles. The number of H-pyrrole nitrogens is 1. The first-order chi connectivity index (χ1) is 13.0. The summed E-state index contributed by atoms with van der Waals surface area (Å²) in [6.07, 6.45) is 0. The number of aromatic nitrogens is 1. The molecule has 1 heterocycles. The lowest BCUT2D eigenvalue weighted by Crippen LogP contribution is -2.07. The maximum atomic E-state index is 12.1. The Morgan fingerprint density at radius 3 is 2.44 bits per heavy atom. The Morgan fingerprint density at radius 1 is 1.00 bits per heavy atom. The molecule has 5 nitrogen and oxygen atoms in total. The number of halogens is 1. The van der Waals surface area contributed by atoms with Crippen LogP contribution in [0.5, 0.6) is 0 Å². The summed E-state index contributed by atoms with van der Waals surface area (Å²) in [6.45, 7) is 0. The fraction of sp³-hybridized carbons (Fsp3) is 0.0476. The zero-order chi connectivity index (χ0) is 19.1. The molecule has 0 aliphatic rings. The highest BCUT2D eigenvalue weighted by Crippen LogP contribution is 2.36. The third-order valence-electron chi connectivity index (χ3n) is 4.56. The van der Waals surface area contributed by atoms with Crippen LogP contribution in [0.1, 0.15) is 20.7 Å². The van der Waals surface area contributed by atoms with Gasteiger partial charge in [-0.25, -0.2) is 9.59 Å². The van der Waals surface area contributed by atoms with Crippen molar-refractivity contribution in [2.75, 3.05) is 7.11 Å². The molecular weight excluding hydrogens is 410 g/mol. The Hall–Kier alpha value is -3.12. The number of aromatic carboxylic acids is 1. The standard InChI is InChI=1S/C21H14BrNO4/c1-27-21(26)16-10-11(9-15(18(16)22)20(24)25)12-6-4-7-14-13-5-2-3-8-17(13)23-19(12)14/h2-10,23H,1H3,(H,24,25). The Morgan fingerprint density at radius 2 is 1.70 bits per heavy atom. The molecule has 0 radical (unpaired) electrons. The van der Waals surface area contributed by atoms with Crippen LogP contribution in [0.3, 0.4) is 0 Å². The molecule has 0 spiro atoms. The maximum absolute atomic E-state index is 12.1. The summed E-state index contributed by atoms with van der Waals surface area (Å²) in [4.78, 5) is 27.2. The highest BCUT2D eigenvalue weighted by molar-refractivity contribution is 9.10. The number of rotatable bonds is 3. The van der Waals surface area contributed by atoms with Gasteiger partial charge in [0, 0.05) is 26.3 Å². The SMILES string of the molecule is COC(=O)c1cc(-c2cccc3c2[nH]c2ccccc23)cc(C(=O)O)c1Br. The van der Waals surface area contributed by atoms with E-state index in [0.717, 1.165) is 27.4 Å². The lowest BCUT2D eigenvalue weighted by atomic mass is 9.97. The van der Waals surface area contributed by atoms with Crippen molar-refractivity contribution in [3.63, 3.8) is 0 Å². The molecule has 3 aromatic carbocycles. The van der Waals surface area contributed by atoms with Crippen molar-refractivity contribution >= 4 is 49.7 Å². The van der Waals surface area contributed by atoms with Gasteiger partial charge in [-0.3, -0.25) is 0 Å². The predicted octanol–water partition coefficient (Wildman–Crippen LogP) is 5.24. The molecule has 0 saturated heterocycles. The van der Waals surface area contributed by atoms with E-state index in [9.17, 15) is 14.7 Å². The van der Waals surface area contributed by atoms with Gasteiger partial charge < -0.3 is 14.8 Å². The van der Waals surface area contributed by atoms with E-state index in [1.54, 1.807) is 12.1 Å². The zero-order valence-corrected chi connectivity index (χ0v) is 15.8. The van der Waals surface area contributed by atoms with Gasteiger partial charge >= 0.3 is 11.9 Å². The average Bonchev–Trinajstić information content (AvgIpc) is 3.06. The van der Waals surface area contributed by atoms with Gasteiger partial charge in [0.25, 0.3) is 0 Å². The third-order valence-corrected chi connectivity index (χ3v) is 5.42. The average molecular weight is 424 g/mol. The summed E-state index contributed by atoms with van der Waals surface area (Å²) < 4.78 is 5.01. The van der Waals surface area contributed by atoms with Crippen LogP contribution >= 0.6 is 15.9 Å². The van der Waals surface area contributed by atoms with Crippen LogP contribution in [-0.2, 0) is 4.74 Å². The number of hydrogen-bond acceptors (Lipinski definition) is 3. The molecule has 0 aliphatic heterocycles. The van der Waals surface area contributed by atoms with Crippen LogP contribution in [-0.4, -0.2) is 29.1 Å². The van der Waals surface area contributed by atoms with Gasteiger partial charge in [0.1, 0.15) is 0 Å². The number of para-hydroxylation sites is 2. The monoisotopic (exact) mass is 423 g/mol. The fourth-order valence-electron chi connectivity index (χ4n) is 3.31. The summed E-state index contributed by atoms with van der Waals surface area (Å²) in [5.41, 5.74) is 3.47. The second-order valence-electron chi connectivity index (χ2n) is 6.08. The van der Waals surface area contributed by atoms with Crippen LogP contribution in [0.25, 0.3) is 32.9 Å². The number of carbonyl (C=O) groups excluding carboxylic acids is 1. The van der Waals surface area contributed by atoms with E-state index in [1.807, 2.05) is 42.5 Å². The minimum absolute atomic E-state index is 0.000939. The Kier molecular flexibility index (Phi) is 4.20. The van der Waals surface area contributed by atoms with Crippen molar-refractivity contribution in [1.29, 1.82) is 0 Å². The number of esters is 1. The molecule has 0 saturated carbocycles. The van der Waals surface area contributed by atoms with Gasteiger partial charge in [0.15, 0.2) is 0 Å². The highest BCUT2D eigenvalue weighted by atomic mass is 79.9. The van der Waals surface area contributed by atoms with Crippen molar-refractivity contribution in [2.24, 2.45) is 0 Å². The van der Waals surface area contributed by atoms with Gasteiger partial charge in [-0.1, -0.05) is 36.4 Å². The molecule has 0 amide bonds. The Labute approximate surface area is 162 Å². The van der Waals surface area contributed by atoms with Crippen molar-refractivity contribution in [3.8, 4) is 11.1 Å². The van der Waals surface area contributed by atoms with Gasteiger partial charge in [-0.05, 0) is 39.7 Å². The number of aromatic amines is 1. The molecular formula is C21H14BrNO4. The summed E-state index contributed by atoms with van der Waals surface area (Å²) in [6, 6.07) is 17.0. The predicted molar refractivity (Wildman–Crippen MR) is 107 cm³/mol. The summed E-state index contributed by atoms with van der Waals surface area (Å²) >= 11 is 3.22. The number of nitrogens with one attached hydrogen (secondary N) is 1. The molecule has 0 unspecified atom stereocenters. The normalized spacial score (nSPS) is 11.0. The van der Waals surface area contributed by atoms with Gasteiger partial charge in [0.05, 0.1) is 23.8 Å². The number of hydrogen-bond donors (Lipinski definition) is 2. The van der Waals surface area contributed by atoms with Gasteiger partial charge in [-0.15, -0.1) is 0 Å². The first-order valence-corrected chi connectivity index (χ1v) is 8.95. The van der Waals surface area contributed by atoms with Crippen LogP contribution < -0.4 is 0 Å². The molecule has 0 fully saturated rings. The highest BCUT2D eigenvalue weighted by Gasteiger charge is 2.21. The van der Waals surface area contributed by atoms with Crippen LogP contribution in [0.2, 0.25) is 0 Å². The number of carboxylic acids is 1. The minimum atomic E-state index is -1.13. The third kappa shape index (κ3) is 2.78. The minimum Gasteiger partial charge on any atom is -0.478 e.